The highest BCUT2D eigenvalue weighted by Gasteiger charge is 2.19. The quantitative estimate of drug-likeness (QED) is 0.933. The van der Waals surface area contributed by atoms with Crippen molar-refractivity contribution in [2.75, 3.05) is 13.2 Å². The summed E-state index contributed by atoms with van der Waals surface area (Å²) in [6.45, 7) is 1.19. The smallest absolute Gasteiger partial charge is 0.335 e. The second kappa shape index (κ2) is 6.01. The van der Waals surface area contributed by atoms with Crippen LogP contribution in [0.1, 0.15) is 16.8 Å². The summed E-state index contributed by atoms with van der Waals surface area (Å²) in [4.78, 5) is 15.4. The number of carboxylic acids is 1. The number of aromatic nitrogens is 1. The molecule has 0 unspecified atom stereocenters. The predicted molar refractivity (Wildman–Crippen MR) is 79.4 cm³/mol. The molecule has 2 aromatic rings. The van der Waals surface area contributed by atoms with Crippen LogP contribution >= 0.6 is 22.9 Å². The molecule has 1 saturated heterocycles. The third-order valence-electron chi connectivity index (χ3n) is 3.07. The Labute approximate surface area is 130 Å². The number of halogens is 1. The highest BCUT2D eigenvalue weighted by Crippen LogP contribution is 2.32. The van der Waals surface area contributed by atoms with Crippen LogP contribution in [-0.2, 0) is 4.74 Å². The monoisotopic (exact) mass is 325 g/mol. The highest BCUT2D eigenvalue weighted by atomic mass is 35.5. The molecule has 1 aromatic carbocycles. The summed E-state index contributed by atoms with van der Waals surface area (Å²) < 4.78 is 11.6. The fourth-order valence-corrected chi connectivity index (χ4v) is 3.00. The fourth-order valence-electron chi connectivity index (χ4n) is 2.10. The molecule has 5 nitrogen and oxygen atoms in total. The molecule has 0 aliphatic carbocycles. The zero-order chi connectivity index (χ0) is 14.8. The molecule has 110 valence electrons. The van der Waals surface area contributed by atoms with Gasteiger partial charge in [-0.05, 0) is 18.2 Å². The first-order chi connectivity index (χ1) is 10.1. The third kappa shape index (κ3) is 3.34. The molecule has 0 bridgehead atoms. The van der Waals surface area contributed by atoms with E-state index >= 15 is 0 Å². The van der Waals surface area contributed by atoms with Crippen LogP contribution in [0.25, 0.3) is 10.6 Å². The summed E-state index contributed by atoms with van der Waals surface area (Å²) in [5.74, 6) is -0.501. The Hall–Kier alpha value is -1.63. The number of nitrogens with zero attached hydrogens (tertiary/aromatic N) is 1. The van der Waals surface area contributed by atoms with Gasteiger partial charge in [0.1, 0.15) is 21.2 Å². The Bertz CT molecular complexity index is 667. The van der Waals surface area contributed by atoms with Crippen LogP contribution in [0.3, 0.4) is 0 Å². The Morgan fingerprint density at radius 1 is 1.48 bits per heavy atom. The van der Waals surface area contributed by atoms with Crippen LogP contribution in [0, 0.1) is 0 Å². The molecule has 0 saturated carbocycles. The first-order valence-electron chi connectivity index (χ1n) is 6.36. The molecule has 3 rings (SSSR count). The van der Waals surface area contributed by atoms with Crippen molar-refractivity contribution in [1.29, 1.82) is 0 Å². The van der Waals surface area contributed by atoms with Crippen molar-refractivity contribution >= 4 is 28.9 Å². The van der Waals surface area contributed by atoms with E-state index in [0.29, 0.717) is 33.9 Å². The standard InChI is InChI=1S/C14H12ClNO4S/c15-12-6-16-13(21-12)8-3-9(14(17)18)5-11(4-8)20-10-1-2-19-7-10/h3-6,10H,1-2,7H2,(H,17,18)/t10-/m1/s1. The summed E-state index contributed by atoms with van der Waals surface area (Å²) >= 11 is 7.18. The van der Waals surface area contributed by atoms with Crippen LogP contribution in [-0.4, -0.2) is 35.4 Å². The minimum atomic E-state index is -1.01. The van der Waals surface area contributed by atoms with Gasteiger partial charge in [0.15, 0.2) is 0 Å². The maximum atomic E-state index is 11.3. The van der Waals surface area contributed by atoms with Crippen LogP contribution in [0.5, 0.6) is 5.75 Å². The zero-order valence-corrected chi connectivity index (χ0v) is 12.5. The maximum absolute atomic E-state index is 11.3. The van der Waals surface area contributed by atoms with Crippen LogP contribution in [0.2, 0.25) is 4.34 Å². The van der Waals surface area contributed by atoms with E-state index in [1.165, 1.54) is 17.4 Å². The van der Waals surface area contributed by atoms with E-state index in [4.69, 9.17) is 21.1 Å². The third-order valence-corrected chi connectivity index (χ3v) is 4.23. The number of ether oxygens (including phenoxy) is 2. The Balaban J connectivity index is 1.95. The number of hydrogen-bond donors (Lipinski definition) is 1. The van der Waals surface area contributed by atoms with E-state index in [-0.39, 0.29) is 11.7 Å². The Kier molecular flexibility index (Phi) is 4.10. The molecule has 1 fully saturated rings. The van der Waals surface area contributed by atoms with Crippen LogP contribution in [0.4, 0.5) is 0 Å². The Morgan fingerprint density at radius 3 is 2.95 bits per heavy atom. The lowest BCUT2D eigenvalue weighted by molar-refractivity contribution is 0.0696. The SMILES string of the molecule is O=C(O)c1cc(O[C@@H]2CCOC2)cc(-c2ncc(Cl)s2)c1. The molecule has 1 aliphatic rings. The molecule has 21 heavy (non-hydrogen) atoms. The second-order valence-electron chi connectivity index (χ2n) is 4.62. The van der Waals surface area contributed by atoms with Gasteiger partial charge < -0.3 is 14.6 Å². The number of carboxylic acid groups (broad SMARTS) is 1. The molecular formula is C14H12ClNO4S. The van der Waals surface area contributed by atoms with Crippen LogP contribution in [0.15, 0.2) is 24.4 Å². The molecule has 1 aliphatic heterocycles. The number of aromatic carboxylic acids is 1. The van der Waals surface area contributed by atoms with Crippen molar-refractivity contribution in [2.24, 2.45) is 0 Å². The van der Waals surface area contributed by atoms with E-state index in [1.54, 1.807) is 18.3 Å². The number of carbonyl (C=O) groups is 1. The van der Waals surface area contributed by atoms with Gasteiger partial charge >= 0.3 is 5.97 Å². The van der Waals surface area contributed by atoms with Crippen molar-refractivity contribution in [1.82, 2.24) is 4.98 Å². The highest BCUT2D eigenvalue weighted by molar-refractivity contribution is 7.18. The number of thiazole rings is 1. The van der Waals surface area contributed by atoms with Crippen molar-refractivity contribution in [2.45, 2.75) is 12.5 Å². The average molecular weight is 326 g/mol. The maximum Gasteiger partial charge on any atom is 0.335 e. The topological polar surface area (TPSA) is 68.7 Å². The number of benzene rings is 1. The van der Waals surface area contributed by atoms with Crippen LogP contribution < -0.4 is 4.74 Å². The lowest BCUT2D eigenvalue weighted by Gasteiger charge is -2.13. The van der Waals surface area contributed by atoms with E-state index in [9.17, 15) is 9.90 Å². The molecule has 2 heterocycles. The van der Waals surface area contributed by atoms with Crippen molar-refractivity contribution < 1.29 is 19.4 Å². The lowest BCUT2D eigenvalue weighted by Crippen LogP contribution is -2.16. The Morgan fingerprint density at radius 2 is 2.33 bits per heavy atom. The molecular weight excluding hydrogens is 314 g/mol. The minimum Gasteiger partial charge on any atom is -0.488 e. The van der Waals surface area contributed by atoms with Crippen molar-refractivity contribution in [3.05, 3.63) is 34.3 Å². The van der Waals surface area contributed by atoms with Gasteiger partial charge in [-0.1, -0.05) is 11.6 Å². The lowest BCUT2D eigenvalue weighted by atomic mass is 10.1. The van der Waals surface area contributed by atoms with E-state index in [0.717, 1.165) is 6.42 Å². The van der Waals surface area contributed by atoms with E-state index in [2.05, 4.69) is 4.98 Å². The van der Waals surface area contributed by atoms with Gasteiger partial charge in [0, 0.05) is 12.0 Å². The molecule has 0 spiro atoms. The van der Waals surface area contributed by atoms with Gasteiger partial charge in [-0.2, -0.15) is 0 Å². The summed E-state index contributed by atoms with van der Waals surface area (Å²) in [5.41, 5.74) is 0.841. The molecule has 7 heteroatoms. The molecule has 0 radical (unpaired) electrons. The molecule has 0 amide bonds. The summed E-state index contributed by atoms with van der Waals surface area (Å²) in [6, 6.07) is 4.86. The minimum absolute atomic E-state index is 0.0400. The molecule has 1 atom stereocenters. The van der Waals surface area contributed by atoms with Gasteiger partial charge in [-0.25, -0.2) is 9.78 Å². The summed E-state index contributed by atoms with van der Waals surface area (Å²) in [6.07, 6.45) is 2.30. The first-order valence-corrected chi connectivity index (χ1v) is 7.56. The van der Waals surface area contributed by atoms with Gasteiger partial charge in [0.25, 0.3) is 0 Å². The predicted octanol–water partition coefficient (Wildman–Crippen LogP) is 3.33. The molecule has 1 aromatic heterocycles. The van der Waals surface area contributed by atoms with Gasteiger partial charge in [0.2, 0.25) is 0 Å². The first kappa shape index (κ1) is 14.3. The number of hydrogen-bond acceptors (Lipinski definition) is 5. The van der Waals surface area contributed by atoms with E-state index in [1.807, 2.05) is 0 Å². The largest absolute Gasteiger partial charge is 0.488 e. The zero-order valence-electron chi connectivity index (χ0n) is 10.9. The normalized spacial score (nSPS) is 17.9. The number of rotatable bonds is 4. The van der Waals surface area contributed by atoms with E-state index < -0.39 is 5.97 Å². The van der Waals surface area contributed by atoms with Crippen molar-refractivity contribution in [3.8, 4) is 16.3 Å². The summed E-state index contributed by atoms with van der Waals surface area (Å²) in [5, 5.41) is 9.89. The van der Waals surface area contributed by atoms with Gasteiger partial charge in [0.05, 0.1) is 25.0 Å². The fraction of sp³-hybridized carbons (Fsp3) is 0.286. The molecule has 1 N–H and O–H groups in total. The average Bonchev–Trinajstić information content (AvgIpc) is 3.10. The summed E-state index contributed by atoms with van der Waals surface area (Å²) in [7, 11) is 0. The van der Waals surface area contributed by atoms with Crippen molar-refractivity contribution in [3.63, 3.8) is 0 Å². The van der Waals surface area contributed by atoms with Gasteiger partial charge in [-0.3, -0.25) is 0 Å². The second-order valence-corrected chi connectivity index (χ2v) is 6.29. The van der Waals surface area contributed by atoms with Gasteiger partial charge in [-0.15, -0.1) is 11.3 Å².